The molecule has 2 heterocycles. The molecule has 2 aliphatic rings. The molecular weight excluding hydrogens is 318 g/mol. The third-order valence-corrected chi connectivity index (χ3v) is 6.78. The first kappa shape index (κ1) is 18.6. The first-order valence-electron chi connectivity index (χ1n) is 8.29. The van der Waals surface area contributed by atoms with Crippen LogP contribution in [0.4, 0.5) is 0 Å². The van der Waals surface area contributed by atoms with E-state index in [1.165, 1.54) is 10.6 Å². The number of amides is 1. The molecule has 0 aromatic carbocycles. The first-order chi connectivity index (χ1) is 10.7. The van der Waals surface area contributed by atoms with E-state index in [4.69, 9.17) is 10.5 Å². The molecule has 2 saturated heterocycles. The molecule has 134 valence electrons. The Bertz CT molecular complexity index is 535. The summed E-state index contributed by atoms with van der Waals surface area (Å²) in [5, 5.41) is 0. The van der Waals surface area contributed by atoms with Gasteiger partial charge in [-0.25, -0.2) is 8.42 Å². The highest BCUT2D eigenvalue weighted by molar-refractivity contribution is 7.88. The lowest BCUT2D eigenvalue weighted by atomic mass is 9.87. The lowest BCUT2D eigenvalue weighted by Gasteiger charge is -2.44. The van der Waals surface area contributed by atoms with Gasteiger partial charge in [0.25, 0.3) is 0 Å². The highest BCUT2D eigenvalue weighted by Gasteiger charge is 2.53. The fourth-order valence-corrected chi connectivity index (χ4v) is 5.02. The van der Waals surface area contributed by atoms with Crippen molar-refractivity contribution < 1.29 is 17.9 Å². The number of ether oxygens (including phenoxy) is 1. The third kappa shape index (κ3) is 3.70. The van der Waals surface area contributed by atoms with Crippen molar-refractivity contribution in [1.82, 2.24) is 9.21 Å². The van der Waals surface area contributed by atoms with Gasteiger partial charge in [-0.1, -0.05) is 6.92 Å². The average molecular weight is 347 g/mol. The van der Waals surface area contributed by atoms with E-state index in [9.17, 15) is 13.2 Å². The van der Waals surface area contributed by atoms with E-state index in [-0.39, 0.29) is 12.0 Å². The summed E-state index contributed by atoms with van der Waals surface area (Å²) < 4.78 is 30.5. The zero-order valence-electron chi connectivity index (χ0n) is 14.3. The zero-order valence-corrected chi connectivity index (χ0v) is 15.1. The molecule has 0 aromatic rings. The molecule has 23 heavy (non-hydrogen) atoms. The predicted octanol–water partition coefficient (Wildman–Crippen LogP) is 0.155. The van der Waals surface area contributed by atoms with Crippen LogP contribution >= 0.6 is 0 Å². The summed E-state index contributed by atoms with van der Waals surface area (Å²) in [6.45, 7) is 3.05. The van der Waals surface area contributed by atoms with E-state index in [2.05, 4.69) is 4.90 Å². The van der Waals surface area contributed by atoms with Crippen LogP contribution in [0.25, 0.3) is 0 Å². The minimum absolute atomic E-state index is 0.259. The van der Waals surface area contributed by atoms with Crippen LogP contribution in [0.15, 0.2) is 0 Å². The lowest BCUT2D eigenvalue weighted by molar-refractivity contribution is -0.133. The van der Waals surface area contributed by atoms with Gasteiger partial charge in [-0.05, 0) is 32.1 Å². The van der Waals surface area contributed by atoms with Gasteiger partial charge in [-0.15, -0.1) is 0 Å². The van der Waals surface area contributed by atoms with Crippen molar-refractivity contribution in [2.75, 3.05) is 33.0 Å². The maximum absolute atomic E-state index is 12.1. The number of primary amides is 1. The van der Waals surface area contributed by atoms with Crippen molar-refractivity contribution in [3.05, 3.63) is 0 Å². The number of sulfonamides is 1. The van der Waals surface area contributed by atoms with Crippen LogP contribution in [0.1, 0.15) is 39.0 Å². The molecule has 3 atom stereocenters. The molecule has 8 heteroatoms. The zero-order chi connectivity index (χ0) is 17.3. The summed E-state index contributed by atoms with van der Waals surface area (Å²) in [7, 11) is -1.67. The van der Waals surface area contributed by atoms with Gasteiger partial charge in [0.05, 0.1) is 12.4 Å². The SMILES string of the molecule is CCN(CC(CN1[C@@H]2CCC[C@@]1(C(N)=O)CC2)OC)S(C)(=O)=O. The Kier molecular flexibility index (Phi) is 5.71. The van der Waals surface area contributed by atoms with E-state index >= 15 is 0 Å². The van der Waals surface area contributed by atoms with Crippen LogP contribution in [0.3, 0.4) is 0 Å². The molecule has 1 amide bonds. The highest BCUT2D eigenvalue weighted by Crippen LogP contribution is 2.44. The van der Waals surface area contributed by atoms with E-state index in [0.29, 0.717) is 25.7 Å². The van der Waals surface area contributed by atoms with Crippen LogP contribution in [-0.4, -0.2) is 74.2 Å². The number of nitrogens with zero attached hydrogens (tertiary/aromatic N) is 2. The van der Waals surface area contributed by atoms with Gasteiger partial charge in [-0.3, -0.25) is 9.69 Å². The van der Waals surface area contributed by atoms with Crippen LogP contribution in [0, 0.1) is 0 Å². The van der Waals surface area contributed by atoms with Gasteiger partial charge < -0.3 is 10.5 Å². The van der Waals surface area contributed by atoms with Gasteiger partial charge >= 0.3 is 0 Å². The van der Waals surface area contributed by atoms with Gasteiger partial charge in [0.15, 0.2) is 0 Å². The van der Waals surface area contributed by atoms with E-state index in [1.54, 1.807) is 7.11 Å². The van der Waals surface area contributed by atoms with E-state index < -0.39 is 15.6 Å². The largest absolute Gasteiger partial charge is 0.379 e. The molecule has 1 unspecified atom stereocenters. The number of carbonyl (C=O) groups is 1. The van der Waals surface area contributed by atoms with Crippen molar-refractivity contribution in [2.45, 2.75) is 56.7 Å². The van der Waals surface area contributed by atoms with E-state index in [0.717, 1.165) is 32.1 Å². The number of fused-ring (bicyclic) bond motifs is 2. The molecule has 2 rings (SSSR count). The normalized spacial score (nSPS) is 29.8. The summed E-state index contributed by atoms with van der Waals surface area (Å²) in [6, 6.07) is 0.349. The molecule has 0 aromatic heterocycles. The molecule has 0 aliphatic carbocycles. The van der Waals surface area contributed by atoms with Crippen molar-refractivity contribution in [2.24, 2.45) is 5.73 Å². The molecule has 2 bridgehead atoms. The van der Waals surface area contributed by atoms with Crippen LogP contribution in [0.5, 0.6) is 0 Å². The maximum Gasteiger partial charge on any atom is 0.237 e. The molecule has 7 nitrogen and oxygen atoms in total. The standard InChI is InChI=1S/C15H29N3O4S/c1-4-17(23(3,20)21)10-13(22-2)11-18-12-6-5-8-15(18,9-7-12)14(16)19/h12-13H,4-11H2,1-3H3,(H2,16,19)/t12-,13?,15+/m1/s1. The van der Waals surface area contributed by atoms with Crippen LogP contribution in [-0.2, 0) is 19.6 Å². The average Bonchev–Trinajstić information content (AvgIpc) is 2.68. The fraction of sp³-hybridized carbons (Fsp3) is 0.933. The Balaban J connectivity index is 2.13. The Morgan fingerprint density at radius 3 is 2.65 bits per heavy atom. The number of hydrogen-bond donors (Lipinski definition) is 1. The first-order valence-corrected chi connectivity index (χ1v) is 10.1. The quantitative estimate of drug-likeness (QED) is 0.675. The number of carbonyl (C=O) groups excluding carboxylic acids is 1. The fourth-order valence-electron chi connectivity index (χ4n) is 4.12. The third-order valence-electron chi connectivity index (χ3n) is 5.43. The number of methoxy groups -OCH3 is 1. The summed E-state index contributed by atoms with van der Waals surface area (Å²) in [6.07, 6.45) is 5.58. The highest BCUT2D eigenvalue weighted by atomic mass is 32.2. The molecule has 2 aliphatic heterocycles. The minimum atomic E-state index is -3.26. The number of rotatable bonds is 8. The number of likely N-dealkylation sites (N-methyl/N-ethyl adjacent to an activating group) is 1. The number of nitrogens with two attached hydrogens (primary N) is 1. The van der Waals surface area contributed by atoms with Crippen molar-refractivity contribution >= 4 is 15.9 Å². The van der Waals surface area contributed by atoms with Crippen LogP contribution in [0.2, 0.25) is 0 Å². The van der Waals surface area contributed by atoms with Gasteiger partial charge in [0.1, 0.15) is 5.54 Å². The number of piperidine rings is 1. The molecule has 2 N–H and O–H groups in total. The summed E-state index contributed by atoms with van der Waals surface area (Å²) in [5.41, 5.74) is 5.15. The second-order valence-corrected chi connectivity index (χ2v) is 8.69. The smallest absolute Gasteiger partial charge is 0.237 e. The van der Waals surface area contributed by atoms with E-state index in [1.807, 2.05) is 6.92 Å². The number of hydrogen-bond acceptors (Lipinski definition) is 5. The monoisotopic (exact) mass is 347 g/mol. The van der Waals surface area contributed by atoms with Crippen molar-refractivity contribution in [1.29, 1.82) is 0 Å². The predicted molar refractivity (Wildman–Crippen MR) is 88.4 cm³/mol. The summed E-state index contributed by atoms with van der Waals surface area (Å²) in [4.78, 5) is 14.3. The lowest BCUT2D eigenvalue weighted by Crippen LogP contribution is -2.60. The summed E-state index contributed by atoms with van der Waals surface area (Å²) >= 11 is 0. The Hall–Kier alpha value is -0.700. The van der Waals surface area contributed by atoms with Gasteiger partial charge in [0.2, 0.25) is 15.9 Å². The van der Waals surface area contributed by atoms with Gasteiger partial charge in [-0.2, -0.15) is 4.31 Å². The van der Waals surface area contributed by atoms with Gasteiger partial charge in [0, 0.05) is 32.8 Å². The van der Waals surface area contributed by atoms with Crippen molar-refractivity contribution in [3.63, 3.8) is 0 Å². The molecular formula is C15H29N3O4S. The van der Waals surface area contributed by atoms with Crippen molar-refractivity contribution in [3.8, 4) is 0 Å². The topological polar surface area (TPSA) is 92.9 Å². The van der Waals surface area contributed by atoms with Crippen LogP contribution < -0.4 is 5.73 Å². The minimum Gasteiger partial charge on any atom is -0.379 e. The molecule has 0 saturated carbocycles. The Labute approximate surface area is 139 Å². The molecule has 0 radical (unpaired) electrons. The second kappa shape index (κ2) is 7.04. The summed E-state index contributed by atoms with van der Waals surface area (Å²) in [5.74, 6) is -0.259. The molecule has 0 spiro atoms. The Morgan fingerprint density at radius 2 is 2.13 bits per heavy atom. The maximum atomic E-state index is 12.1. The molecule has 2 fully saturated rings. The Morgan fingerprint density at radius 1 is 1.43 bits per heavy atom. The second-order valence-electron chi connectivity index (χ2n) is 6.70.